The van der Waals surface area contributed by atoms with Gasteiger partial charge in [-0.15, -0.1) is 0 Å². The summed E-state index contributed by atoms with van der Waals surface area (Å²) in [5.74, 6) is -0.429. The fourth-order valence-corrected chi connectivity index (χ4v) is 2.01. The summed E-state index contributed by atoms with van der Waals surface area (Å²) in [7, 11) is 1.68. The minimum Gasteiger partial charge on any atom is -0.339 e. The second kappa shape index (κ2) is 8.58. The Morgan fingerprint density at radius 2 is 1.81 bits per heavy atom. The Bertz CT molecular complexity index is 380. The third-order valence-corrected chi connectivity index (χ3v) is 2.96. The molecule has 21 heavy (non-hydrogen) atoms. The van der Waals surface area contributed by atoms with Crippen molar-refractivity contribution in [1.82, 2.24) is 25.8 Å². The van der Waals surface area contributed by atoms with E-state index in [9.17, 15) is 14.4 Å². The SMILES string of the molecule is CC(C)NC(=O)NC(=O)CN(C)CC(=O)N1CCNCC1. The monoisotopic (exact) mass is 299 g/mol. The molecule has 0 aromatic carbocycles. The van der Waals surface area contributed by atoms with E-state index in [2.05, 4.69) is 16.0 Å². The lowest BCUT2D eigenvalue weighted by molar-refractivity contribution is -0.133. The molecule has 0 bridgehead atoms. The summed E-state index contributed by atoms with van der Waals surface area (Å²) in [4.78, 5) is 38.4. The number of urea groups is 1. The van der Waals surface area contributed by atoms with Gasteiger partial charge in [0.1, 0.15) is 0 Å². The maximum absolute atomic E-state index is 12.0. The number of rotatable bonds is 5. The average molecular weight is 299 g/mol. The Morgan fingerprint density at radius 1 is 1.19 bits per heavy atom. The highest BCUT2D eigenvalue weighted by Crippen LogP contribution is 1.95. The zero-order chi connectivity index (χ0) is 15.8. The number of likely N-dealkylation sites (N-methyl/N-ethyl adjacent to an activating group) is 1. The number of hydrogen-bond acceptors (Lipinski definition) is 5. The van der Waals surface area contributed by atoms with Crippen molar-refractivity contribution < 1.29 is 14.4 Å². The van der Waals surface area contributed by atoms with Crippen LogP contribution in [0.1, 0.15) is 13.8 Å². The van der Waals surface area contributed by atoms with Crippen LogP contribution in [-0.4, -0.2) is 80.0 Å². The van der Waals surface area contributed by atoms with E-state index in [4.69, 9.17) is 0 Å². The van der Waals surface area contributed by atoms with Crippen LogP contribution in [0.15, 0.2) is 0 Å². The molecule has 0 aliphatic carbocycles. The van der Waals surface area contributed by atoms with Gasteiger partial charge in [-0.2, -0.15) is 0 Å². The average Bonchev–Trinajstić information content (AvgIpc) is 2.37. The lowest BCUT2D eigenvalue weighted by Gasteiger charge is -2.29. The number of hydrogen-bond donors (Lipinski definition) is 3. The molecule has 0 aromatic rings. The molecule has 1 fully saturated rings. The van der Waals surface area contributed by atoms with E-state index in [-0.39, 0.29) is 25.0 Å². The predicted octanol–water partition coefficient (Wildman–Crippen LogP) is -1.42. The number of carbonyl (C=O) groups is 3. The first kappa shape index (κ1) is 17.4. The van der Waals surface area contributed by atoms with Gasteiger partial charge in [0.15, 0.2) is 0 Å². The van der Waals surface area contributed by atoms with Gasteiger partial charge in [0.25, 0.3) is 0 Å². The van der Waals surface area contributed by atoms with Crippen LogP contribution >= 0.6 is 0 Å². The van der Waals surface area contributed by atoms with Gasteiger partial charge >= 0.3 is 6.03 Å². The maximum atomic E-state index is 12.0. The van der Waals surface area contributed by atoms with Crippen molar-refractivity contribution in [2.75, 3.05) is 46.3 Å². The number of imide groups is 1. The molecule has 0 aromatic heterocycles. The number of nitrogens with zero attached hydrogens (tertiary/aromatic N) is 2. The van der Waals surface area contributed by atoms with Crippen LogP contribution in [0.4, 0.5) is 4.79 Å². The van der Waals surface area contributed by atoms with Crippen molar-refractivity contribution in [2.45, 2.75) is 19.9 Å². The Balaban J connectivity index is 2.28. The van der Waals surface area contributed by atoms with E-state index in [1.165, 1.54) is 0 Å². The fourth-order valence-electron chi connectivity index (χ4n) is 2.01. The van der Waals surface area contributed by atoms with Gasteiger partial charge in [-0.1, -0.05) is 0 Å². The Hall–Kier alpha value is -1.67. The van der Waals surface area contributed by atoms with E-state index < -0.39 is 11.9 Å². The summed E-state index contributed by atoms with van der Waals surface area (Å²) < 4.78 is 0. The van der Waals surface area contributed by atoms with E-state index in [1.807, 2.05) is 13.8 Å². The molecule has 0 radical (unpaired) electrons. The lowest BCUT2D eigenvalue weighted by Crippen LogP contribution is -2.50. The molecule has 1 saturated heterocycles. The van der Waals surface area contributed by atoms with Gasteiger partial charge in [0, 0.05) is 32.2 Å². The molecule has 3 N–H and O–H groups in total. The van der Waals surface area contributed by atoms with Crippen molar-refractivity contribution >= 4 is 17.8 Å². The van der Waals surface area contributed by atoms with E-state index in [1.54, 1.807) is 16.8 Å². The third-order valence-electron chi connectivity index (χ3n) is 2.96. The quantitative estimate of drug-likeness (QED) is 0.579. The van der Waals surface area contributed by atoms with Crippen molar-refractivity contribution in [3.05, 3.63) is 0 Å². The van der Waals surface area contributed by atoms with Crippen LogP contribution in [0.3, 0.4) is 0 Å². The molecule has 120 valence electrons. The molecule has 1 heterocycles. The van der Waals surface area contributed by atoms with Gasteiger partial charge in [-0.3, -0.25) is 19.8 Å². The van der Waals surface area contributed by atoms with Crippen LogP contribution in [-0.2, 0) is 9.59 Å². The minimum absolute atomic E-state index is 0.00145. The van der Waals surface area contributed by atoms with Crippen LogP contribution in [0.5, 0.6) is 0 Å². The molecule has 4 amide bonds. The summed E-state index contributed by atoms with van der Waals surface area (Å²) in [6.07, 6.45) is 0. The standard InChI is InChI=1S/C13H25N5O3/c1-10(2)15-13(21)16-11(19)8-17(3)9-12(20)18-6-4-14-5-7-18/h10,14H,4-9H2,1-3H3,(H2,15,16,19,21). The van der Waals surface area contributed by atoms with Crippen molar-refractivity contribution in [3.63, 3.8) is 0 Å². The molecule has 1 rings (SSSR count). The van der Waals surface area contributed by atoms with Crippen LogP contribution < -0.4 is 16.0 Å². The zero-order valence-corrected chi connectivity index (χ0v) is 12.9. The highest BCUT2D eigenvalue weighted by atomic mass is 16.2. The first-order valence-corrected chi connectivity index (χ1v) is 7.16. The summed E-state index contributed by atoms with van der Waals surface area (Å²) in [5.41, 5.74) is 0. The Morgan fingerprint density at radius 3 is 2.38 bits per heavy atom. The van der Waals surface area contributed by atoms with E-state index in [0.717, 1.165) is 13.1 Å². The largest absolute Gasteiger partial charge is 0.339 e. The molecule has 1 aliphatic heterocycles. The van der Waals surface area contributed by atoms with E-state index >= 15 is 0 Å². The van der Waals surface area contributed by atoms with Gasteiger partial charge in [-0.25, -0.2) is 4.79 Å². The zero-order valence-electron chi connectivity index (χ0n) is 12.9. The molecular weight excluding hydrogens is 274 g/mol. The first-order chi connectivity index (χ1) is 9.88. The van der Waals surface area contributed by atoms with Crippen LogP contribution in [0, 0.1) is 0 Å². The highest BCUT2D eigenvalue weighted by Gasteiger charge is 2.19. The summed E-state index contributed by atoms with van der Waals surface area (Å²) >= 11 is 0. The van der Waals surface area contributed by atoms with Crippen molar-refractivity contribution in [3.8, 4) is 0 Å². The van der Waals surface area contributed by atoms with Crippen molar-refractivity contribution in [2.24, 2.45) is 0 Å². The summed E-state index contributed by atoms with van der Waals surface area (Å²) in [6, 6.07) is -0.554. The summed E-state index contributed by atoms with van der Waals surface area (Å²) in [6.45, 7) is 6.76. The smallest absolute Gasteiger partial charge is 0.321 e. The van der Waals surface area contributed by atoms with E-state index in [0.29, 0.717) is 13.1 Å². The molecule has 8 heteroatoms. The molecule has 0 spiro atoms. The second-order valence-corrected chi connectivity index (χ2v) is 5.48. The Labute approximate surface area is 125 Å². The highest BCUT2D eigenvalue weighted by molar-refractivity contribution is 5.95. The molecule has 1 aliphatic rings. The molecule has 0 saturated carbocycles. The first-order valence-electron chi connectivity index (χ1n) is 7.16. The third kappa shape index (κ3) is 7.05. The normalized spacial score (nSPS) is 15.2. The maximum Gasteiger partial charge on any atom is 0.321 e. The number of carbonyl (C=O) groups excluding carboxylic acids is 3. The van der Waals surface area contributed by atoms with Crippen molar-refractivity contribution in [1.29, 1.82) is 0 Å². The topological polar surface area (TPSA) is 93.8 Å². The van der Waals surface area contributed by atoms with Gasteiger partial charge < -0.3 is 15.5 Å². The number of nitrogens with one attached hydrogen (secondary N) is 3. The van der Waals surface area contributed by atoms with Gasteiger partial charge in [0.2, 0.25) is 11.8 Å². The molecule has 0 atom stereocenters. The Kier molecular flexibility index (Phi) is 7.10. The predicted molar refractivity (Wildman–Crippen MR) is 78.8 cm³/mol. The lowest BCUT2D eigenvalue weighted by atomic mass is 10.3. The molecule has 0 unspecified atom stereocenters. The molecule has 8 nitrogen and oxygen atoms in total. The van der Waals surface area contributed by atoms with Crippen LogP contribution in [0.2, 0.25) is 0 Å². The van der Waals surface area contributed by atoms with Crippen LogP contribution in [0.25, 0.3) is 0 Å². The summed E-state index contributed by atoms with van der Waals surface area (Å²) in [5, 5.41) is 7.97. The fraction of sp³-hybridized carbons (Fsp3) is 0.769. The van der Waals surface area contributed by atoms with Gasteiger partial charge in [0.05, 0.1) is 13.1 Å². The number of piperazine rings is 1. The van der Waals surface area contributed by atoms with Gasteiger partial charge in [-0.05, 0) is 20.9 Å². The minimum atomic E-state index is -0.517. The molecular formula is C13H25N5O3. The number of amides is 4. The second-order valence-electron chi connectivity index (χ2n) is 5.48.